The molecule has 2 aromatic carbocycles. The molecule has 0 saturated carbocycles. The summed E-state index contributed by atoms with van der Waals surface area (Å²) >= 11 is 0. The van der Waals surface area contributed by atoms with Crippen molar-refractivity contribution in [1.82, 2.24) is 10.2 Å². The third kappa shape index (κ3) is 5.75. The first-order valence-corrected chi connectivity index (χ1v) is 8.65. The number of benzene rings is 2. The van der Waals surface area contributed by atoms with E-state index in [1.54, 1.807) is 0 Å². The Hall–Kier alpha value is -2.62. The molecule has 4 heteroatoms. The maximum Gasteiger partial charge on any atom is 0.225 e. The van der Waals surface area contributed by atoms with E-state index in [4.69, 9.17) is 0 Å². The number of hydrogen-bond acceptors (Lipinski definition) is 2. The summed E-state index contributed by atoms with van der Waals surface area (Å²) in [5.74, 6) is -0.102. The Kier molecular flexibility index (Phi) is 6.75. The molecule has 0 aliphatic heterocycles. The first-order valence-electron chi connectivity index (χ1n) is 8.65. The van der Waals surface area contributed by atoms with Crippen molar-refractivity contribution in [2.24, 2.45) is 0 Å². The van der Waals surface area contributed by atoms with Gasteiger partial charge in [-0.2, -0.15) is 0 Å². The highest BCUT2D eigenvalue weighted by Gasteiger charge is 2.20. The maximum atomic E-state index is 12.8. The summed E-state index contributed by atoms with van der Waals surface area (Å²) in [6.07, 6.45) is 0.253. The number of carbonyl (C=O) groups is 2. The fourth-order valence-electron chi connectivity index (χ4n) is 2.78. The van der Waals surface area contributed by atoms with E-state index in [1.165, 1.54) is 6.92 Å². The molecule has 2 amide bonds. The minimum atomic E-state index is -0.310. The number of hydrogen-bond donors (Lipinski definition) is 1. The van der Waals surface area contributed by atoms with Crippen LogP contribution < -0.4 is 5.32 Å². The van der Waals surface area contributed by atoms with Crippen LogP contribution in [0.1, 0.15) is 43.0 Å². The Morgan fingerprint density at radius 3 is 2.24 bits per heavy atom. The highest BCUT2D eigenvalue weighted by molar-refractivity contribution is 5.79. The number of rotatable bonds is 7. The van der Waals surface area contributed by atoms with Crippen LogP contribution in [0.3, 0.4) is 0 Å². The Morgan fingerprint density at radius 2 is 1.68 bits per heavy atom. The molecule has 0 bridgehead atoms. The van der Waals surface area contributed by atoms with Crippen LogP contribution in [0.5, 0.6) is 0 Å². The van der Waals surface area contributed by atoms with Crippen molar-refractivity contribution >= 4 is 11.8 Å². The number of carbonyl (C=O) groups excluding carboxylic acids is 2. The summed E-state index contributed by atoms with van der Waals surface area (Å²) in [5.41, 5.74) is 3.20. The lowest BCUT2D eigenvalue weighted by Crippen LogP contribution is -2.35. The van der Waals surface area contributed by atoms with Gasteiger partial charge in [-0.05, 0) is 25.0 Å². The molecule has 1 N–H and O–H groups in total. The van der Waals surface area contributed by atoms with Crippen molar-refractivity contribution in [2.75, 3.05) is 6.54 Å². The van der Waals surface area contributed by atoms with E-state index in [1.807, 2.05) is 73.3 Å². The van der Waals surface area contributed by atoms with Crippen LogP contribution in [0, 0.1) is 6.92 Å². The summed E-state index contributed by atoms with van der Waals surface area (Å²) in [5, 5.41) is 2.90. The molecule has 0 fully saturated rings. The van der Waals surface area contributed by atoms with Crippen molar-refractivity contribution in [3.05, 3.63) is 71.3 Å². The molecule has 0 aliphatic rings. The lowest BCUT2D eigenvalue weighted by molar-refractivity contribution is -0.132. The van der Waals surface area contributed by atoms with Crippen LogP contribution in [0.4, 0.5) is 0 Å². The highest BCUT2D eigenvalue weighted by Crippen LogP contribution is 2.19. The van der Waals surface area contributed by atoms with Gasteiger partial charge in [-0.1, -0.05) is 60.2 Å². The van der Waals surface area contributed by atoms with E-state index in [0.29, 0.717) is 13.1 Å². The van der Waals surface area contributed by atoms with Gasteiger partial charge in [0.2, 0.25) is 11.8 Å². The van der Waals surface area contributed by atoms with Gasteiger partial charge in [-0.25, -0.2) is 0 Å². The van der Waals surface area contributed by atoms with Crippen LogP contribution in [0.2, 0.25) is 0 Å². The summed E-state index contributed by atoms with van der Waals surface area (Å²) in [6, 6.07) is 17.6. The number of amides is 2. The molecule has 0 spiro atoms. The largest absolute Gasteiger partial charge is 0.349 e. The zero-order valence-corrected chi connectivity index (χ0v) is 15.2. The van der Waals surface area contributed by atoms with Gasteiger partial charge in [-0.3, -0.25) is 9.59 Å². The molecular weight excluding hydrogens is 312 g/mol. The van der Waals surface area contributed by atoms with E-state index < -0.39 is 0 Å². The predicted molar refractivity (Wildman–Crippen MR) is 99.9 cm³/mol. The normalized spacial score (nSPS) is 11.6. The van der Waals surface area contributed by atoms with Crippen molar-refractivity contribution in [3.63, 3.8) is 0 Å². The van der Waals surface area contributed by atoms with Crippen LogP contribution in [0.15, 0.2) is 54.6 Å². The summed E-state index contributed by atoms with van der Waals surface area (Å²) in [7, 11) is 0. The van der Waals surface area contributed by atoms with Gasteiger partial charge in [0.1, 0.15) is 0 Å². The van der Waals surface area contributed by atoms with Crippen LogP contribution in [-0.4, -0.2) is 23.3 Å². The Morgan fingerprint density at radius 1 is 1.04 bits per heavy atom. The van der Waals surface area contributed by atoms with Crippen LogP contribution >= 0.6 is 0 Å². The predicted octanol–water partition coefficient (Wildman–Crippen LogP) is 3.61. The number of aryl methyl sites for hydroxylation is 1. The molecule has 0 radical (unpaired) electrons. The van der Waals surface area contributed by atoms with Crippen LogP contribution in [0.25, 0.3) is 0 Å². The SMILES string of the molecule is CCN(Cc1ccccc1)C(=O)CC(NC(C)=O)c1ccc(C)cc1. The topological polar surface area (TPSA) is 49.4 Å². The Labute approximate surface area is 149 Å². The third-order valence-corrected chi connectivity index (χ3v) is 4.19. The zero-order chi connectivity index (χ0) is 18.2. The molecule has 4 nitrogen and oxygen atoms in total. The molecular formula is C21H26N2O2. The third-order valence-electron chi connectivity index (χ3n) is 4.19. The molecule has 132 valence electrons. The standard InChI is InChI=1S/C21H26N2O2/c1-4-23(15-18-8-6-5-7-9-18)21(25)14-20(22-17(3)24)19-12-10-16(2)11-13-19/h5-13,20H,4,14-15H2,1-3H3,(H,22,24). The molecule has 1 unspecified atom stereocenters. The minimum Gasteiger partial charge on any atom is -0.349 e. The molecule has 1 atom stereocenters. The van der Waals surface area contributed by atoms with E-state index in [0.717, 1.165) is 16.7 Å². The second kappa shape index (κ2) is 9.02. The first kappa shape index (κ1) is 18.7. The lowest BCUT2D eigenvalue weighted by Gasteiger charge is -2.25. The Bertz CT molecular complexity index is 696. The first-order chi connectivity index (χ1) is 12.0. The minimum absolute atomic E-state index is 0.0330. The van der Waals surface area contributed by atoms with Gasteiger partial charge in [-0.15, -0.1) is 0 Å². The second-order valence-corrected chi connectivity index (χ2v) is 6.26. The van der Waals surface area contributed by atoms with E-state index >= 15 is 0 Å². The Balaban J connectivity index is 2.11. The van der Waals surface area contributed by atoms with Crippen molar-refractivity contribution in [3.8, 4) is 0 Å². The van der Waals surface area contributed by atoms with Crippen molar-refractivity contribution in [1.29, 1.82) is 0 Å². The highest BCUT2D eigenvalue weighted by atomic mass is 16.2. The zero-order valence-electron chi connectivity index (χ0n) is 15.2. The van der Waals surface area contributed by atoms with Crippen molar-refractivity contribution < 1.29 is 9.59 Å². The summed E-state index contributed by atoms with van der Waals surface area (Å²) < 4.78 is 0. The summed E-state index contributed by atoms with van der Waals surface area (Å²) in [6.45, 7) is 6.68. The van der Waals surface area contributed by atoms with Gasteiger partial charge in [0.15, 0.2) is 0 Å². The molecule has 2 rings (SSSR count). The van der Waals surface area contributed by atoms with Crippen molar-refractivity contribution in [2.45, 2.75) is 39.8 Å². The molecule has 0 aliphatic carbocycles. The average Bonchev–Trinajstić information content (AvgIpc) is 2.60. The molecule has 25 heavy (non-hydrogen) atoms. The second-order valence-electron chi connectivity index (χ2n) is 6.26. The quantitative estimate of drug-likeness (QED) is 0.838. The molecule has 0 aromatic heterocycles. The maximum absolute atomic E-state index is 12.8. The number of nitrogens with one attached hydrogen (secondary N) is 1. The van der Waals surface area contributed by atoms with Gasteiger partial charge in [0.25, 0.3) is 0 Å². The fourth-order valence-corrected chi connectivity index (χ4v) is 2.78. The fraction of sp³-hybridized carbons (Fsp3) is 0.333. The molecule has 2 aromatic rings. The molecule has 0 heterocycles. The number of nitrogens with zero attached hydrogens (tertiary/aromatic N) is 1. The van der Waals surface area contributed by atoms with Crippen LogP contribution in [-0.2, 0) is 16.1 Å². The lowest BCUT2D eigenvalue weighted by atomic mass is 10.0. The van der Waals surface area contributed by atoms with E-state index in [-0.39, 0.29) is 24.3 Å². The smallest absolute Gasteiger partial charge is 0.225 e. The molecule has 0 saturated heterocycles. The summed E-state index contributed by atoms with van der Waals surface area (Å²) in [4.78, 5) is 26.2. The van der Waals surface area contributed by atoms with Gasteiger partial charge < -0.3 is 10.2 Å². The van der Waals surface area contributed by atoms with Gasteiger partial charge in [0.05, 0.1) is 12.5 Å². The van der Waals surface area contributed by atoms with E-state index in [9.17, 15) is 9.59 Å². The van der Waals surface area contributed by atoms with Gasteiger partial charge in [0, 0.05) is 20.0 Å². The average molecular weight is 338 g/mol. The monoisotopic (exact) mass is 338 g/mol. The van der Waals surface area contributed by atoms with E-state index in [2.05, 4.69) is 5.32 Å². The van der Waals surface area contributed by atoms with Gasteiger partial charge >= 0.3 is 0 Å².